The Morgan fingerprint density at radius 3 is 2.00 bits per heavy atom. The third-order valence-electron chi connectivity index (χ3n) is 3.62. The molecular formula is C17H32N2O4. The Morgan fingerprint density at radius 1 is 1.00 bits per heavy atom. The number of carbonyl (C=O) groups excluding carboxylic acids is 3. The van der Waals surface area contributed by atoms with E-state index in [1.807, 2.05) is 0 Å². The molecule has 0 rings (SSSR count). The predicted molar refractivity (Wildman–Crippen MR) is 90.0 cm³/mol. The molecule has 0 unspecified atom stereocenters. The van der Waals surface area contributed by atoms with Gasteiger partial charge < -0.3 is 20.6 Å². The van der Waals surface area contributed by atoms with Crippen molar-refractivity contribution in [1.82, 2.24) is 5.32 Å². The van der Waals surface area contributed by atoms with Gasteiger partial charge in [0, 0.05) is 0 Å². The summed E-state index contributed by atoms with van der Waals surface area (Å²) in [5.74, 6) is -0.642. The third kappa shape index (κ3) is 15.1. The molecule has 0 spiro atoms. The van der Waals surface area contributed by atoms with Crippen LogP contribution in [0.15, 0.2) is 0 Å². The Morgan fingerprint density at radius 2 is 1.52 bits per heavy atom. The molecule has 0 radical (unpaired) electrons. The quantitative estimate of drug-likeness (QED) is 0.356. The second-order valence-corrected chi connectivity index (χ2v) is 5.88. The van der Waals surface area contributed by atoms with Crippen LogP contribution in [0, 0.1) is 0 Å². The second kappa shape index (κ2) is 15.3. The molecule has 0 aromatic carbocycles. The van der Waals surface area contributed by atoms with Crippen LogP contribution in [-0.4, -0.2) is 30.9 Å². The number of ether oxygens (including phenoxy) is 1. The van der Waals surface area contributed by atoms with Gasteiger partial charge in [0.15, 0.2) is 0 Å². The summed E-state index contributed by atoms with van der Waals surface area (Å²) in [6.07, 6.45) is 11.7. The van der Waals surface area contributed by atoms with E-state index in [0.29, 0.717) is 12.9 Å². The maximum atomic E-state index is 11.4. The lowest BCUT2D eigenvalue weighted by Gasteiger charge is -2.11. The van der Waals surface area contributed by atoms with E-state index in [4.69, 9.17) is 10.5 Å². The van der Waals surface area contributed by atoms with Gasteiger partial charge >= 0.3 is 6.09 Å². The van der Waals surface area contributed by atoms with Crippen LogP contribution in [0.4, 0.5) is 4.79 Å². The number of nitrogens with two attached hydrogens (primary N) is 1. The Labute approximate surface area is 139 Å². The van der Waals surface area contributed by atoms with Crippen molar-refractivity contribution in [1.29, 1.82) is 0 Å². The molecule has 3 N–H and O–H groups in total. The van der Waals surface area contributed by atoms with Crippen molar-refractivity contribution in [2.75, 3.05) is 6.61 Å². The van der Waals surface area contributed by atoms with Crippen molar-refractivity contribution >= 4 is 18.3 Å². The number of hydrogen-bond donors (Lipinski definition) is 2. The standard InChI is InChI=1S/C17H32N2O4/c1-2-3-4-5-6-7-8-9-10-11-12-23-17(22)19-15(14-20)13-16(18)21/h14-15H,2-13H2,1H3,(H2,18,21)(H,19,22)/t15-/m1/s1. The van der Waals surface area contributed by atoms with Crippen LogP contribution in [0.5, 0.6) is 0 Å². The third-order valence-corrected chi connectivity index (χ3v) is 3.62. The number of alkyl carbamates (subject to hydrolysis) is 1. The van der Waals surface area contributed by atoms with Gasteiger partial charge in [0.1, 0.15) is 6.29 Å². The lowest BCUT2D eigenvalue weighted by Crippen LogP contribution is -2.39. The maximum Gasteiger partial charge on any atom is 0.407 e. The van der Waals surface area contributed by atoms with E-state index in [0.717, 1.165) is 19.3 Å². The molecule has 0 aromatic heterocycles. The number of aldehydes is 1. The molecule has 0 aliphatic heterocycles. The smallest absolute Gasteiger partial charge is 0.407 e. The molecular weight excluding hydrogens is 296 g/mol. The van der Waals surface area contributed by atoms with Gasteiger partial charge in [0.2, 0.25) is 5.91 Å². The molecule has 0 aromatic rings. The highest BCUT2D eigenvalue weighted by Gasteiger charge is 2.14. The number of rotatable bonds is 15. The number of unbranched alkanes of at least 4 members (excludes halogenated alkanes) is 9. The highest BCUT2D eigenvalue weighted by atomic mass is 16.5. The van der Waals surface area contributed by atoms with Crippen LogP contribution < -0.4 is 11.1 Å². The lowest BCUT2D eigenvalue weighted by atomic mass is 10.1. The average molecular weight is 328 g/mol. The maximum absolute atomic E-state index is 11.4. The molecule has 23 heavy (non-hydrogen) atoms. The average Bonchev–Trinajstić information content (AvgIpc) is 2.51. The van der Waals surface area contributed by atoms with E-state index < -0.39 is 18.0 Å². The lowest BCUT2D eigenvalue weighted by molar-refractivity contribution is -0.120. The summed E-state index contributed by atoms with van der Waals surface area (Å²) in [4.78, 5) is 32.7. The van der Waals surface area contributed by atoms with E-state index in [1.54, 1.807) is 0 Å². The molecule has 2 amide bonds. The number of hydrogen-bond acceptors (Lipinski definition) is 4. The van der Waals surface area contributed by atoms with Crippen molar-refractivity contribution in [2.45, 2.75) is 83.6 Å². The fourth-order valence-electron chi connectivity index (χ4n) is 2.30. The van der Waals surface area contributed by atoms with Crippen LogP contribution >= 0.6 is 0 Å². The van der Waals surface area contributed by atoms with Crippen LogP contribution in [0.3, 0.4) is 0 Å². The normalized spacial score (nSPS) is 11.7. The van der Waals surface area contributed by atoms with Crippen molar-refractivity contribution in [3.05, 3.63) is 0 Å². The van der Waals surface area contributed by atoms with Gasteiger partial charge in [-0.15, -0.1) is 0 Å². The molecule has 134 valence electrons. The van der Waals surface area contributed by atoms with Gasteiger partial charge in [-0.25, -0.2) is 4.79 Å². The van der Waals surface area contributed by atoms with E-state index >= 15 is 0 Å². The van der Waals surface area contributed by atoms with Crippen molar-refractivity contribution < 1.29 is 19.1 Å². The zero-order valence-corrected chi connectivity index (χ0v) is 14.4. The SMILES string of the molecule is CCCCCCCCCCCCOC(=O)N[C@@H](C=O)CC(N)=O. The Kier molecular flexibility index (Phi) is 14.3. The summed E-state index contributed by atoms with van der Waals surface area (Å²) in [6.45, 7) is 2.55. The summed E-state index contributed by atoms with van der Waals surface area (Å²) >= 11 is 0. The Hall–Kier alpha value is -1.59. The minimum absolute atomic E-state index is 0.211. The number of amides is 2. The van der Waals surface area contributed by atoms with E-state index in [9.17, 15) is 14.4 Å². The van der Waals surface area contributed by atoms with Gasteiger partial charge in [0.25, 0.3) is 0 Å². The summed E-state index contributed by atoms with van der Waals surface area (Å²) in [5.41, 5.74) is 4.97. The summed E-state index contributed by atoms with van der Waals surface area (Å²) in [7, 11) is 0. The van der Waals surface area contributed by atoms with Crippen LogP contribution in [0.1, 0.15) is 77.6 Å². The van der Waals surface area contributed by atoms with Gasteiger partial charge in [-0.2, -0.15) is 0 Å². The highest BCUT2D eigenvalue weighted by molar-refractivity contribution is 5.81. The highest BCUT2D eigenvalue weighted by Crippen LogP contribution is 2.10. The predicted octanol–water partition coefficient (Wildman–Crippen LogP) is 3.08. The fraction of sp³-hybridized carbons (Fsp3) is 0.824. The molecule has 0 fully saturated rings. The topological polar surface area (TPSA) is 98.5 Å². The van der Waals surface area contributed by atoms with Crippen molar-refractivity contribution in [3.8, 4) is 0 Å². The molecule has 0 aliphatic rings. The van der Waals surface area contributed by atoms with Crippen LogP contribution in [0.25, 0.3) is 0 Å². The molecule has 6 heteroatoms. The fourth-order valence-corrected chi connectivity index (χ4v) is 2.30. The molecule has 0 bridgehead atoms. The Bertz CT molecular complexity index is 335. The van der Waals surface area contributed by atoms with E-state index in [1.165, 1.54) is 44.9 Å². The first-order valence-corrected chi connectivity index (χ1v) is 8.77. The van der Waals surface area contributed by atoms with E-state index in [-0.39, 0.29) is 6.42 Å². The first-order chi connectivity index (χ1) is 11.1. The molecule has 0 heterocycles. The molecule has 0 saturated carbocycles. The van der Waals surface area contributed by atoms with Crippen molar-refractivity contribution in [2.24, 2.45) is 5.73 Å². The minimum atomic E-state index is -0.910. The molecule has 6 nitrogen and oxygen atoms in total. The van der Waals surface area contributed by atoms with Gasteiger partial charge in [-0.05, 0) is 6.42 Å². The number of primary amides is 1. The largest absolute Gasteiger partial charge is 0.450 e. The first-order valence-electron chi connectivity index (χ1n) is 8.77. The Balaban J connectivity index is 3.41. The summed E-state index contributed by atoms with van der Waals surface area (Å²) in [6, 6.07) is -0.910. The summed E-state index contributed by atoms with van der Waals surface area (Å²) in [5, 5.41) is 2.30. The summed E-state index contributed by atoms with van der Waals surface area (Å²) < 4.78 is 4.97. The van der Waals surface area contributed by atoms with Crippen molar-refractivity contribution in [3.63, 3.8) is 0 Å². The first kappa shape index (κ1) is 21.4. The zero-order chi connectivity index (χ0) is 17.3. The molecule has 0 saturated heterocycles. The van der Waals surface area contributed by atoms with Gasteiger partial charge in [-0.1, -0.05) is 64.7 Å². The number of carbonyl (C=O) groups is 3. The zero-order valence-electron chi connectivity index (χ0n) is 14.4. The van der Waals surface area contributed by atoms with E-state index in [2.05, 4.69) is 12.2 Å². The van der Waals surface area contributed by atoms with Gasteiger partial charge in [-0.3, -0.25) is 4.79 Å². The monoisotopic (exact) mass is 328 g/mol. The molecule has 1 atom stereocenters. The number of nitrogens with one attached hydrogen (secondary N) is 1. The van der Waals surface area contributed by atoms with Gasteiger partial charge in [0.05, 0.1) is 19.1 Å². The van der Waals surface area contributed by atoms with Crippen LogP contribution in [-0.2, 0) is 14.3 Å². The minimum Gasteiger partial charge on any atom is -0.450 e. The second-order valence-electron chi connectivity index (χ2n) is 5.88. The van der Waals surface area contributed by atoms with Crippen LogP contribution in [0.2, 0.25) is 0 Å². The molecule has 0 aliphatic carbocycles.